The number of rotatable bonds is 4. The van der Waals surface area contributed by atoms with E-state index >= 15 is 0 Å². The van der Waals surface area contributed by atoms with E-state index in [1.165, 1.54) is 17.8 Å². The number of hydrogen-bond donors (Lipinski definition) is 0. The lowest BCUT2D eigenvalue weighted by Crippen LogP contribution is -2.33. The van der Waals surface area contributed by atoms with Crippen LogP contribution in [-0.2, 0) is 19.8 Å². The van der Waals surface area contributed by atoms with Crippen LogP contribution in [0.2, 0.25) is 5.02 Å². The van der Waals surface area contributed by atoms with Gasteiger partial charge in [0, 0.05) is 23.8 Å². The molecule has 0 saturated carbocycles. The van der Waals surface area contributed by atoms with Gasteiger partial charge in [0.05, 0.1) is 12.1 Å². The molecule has 11 heteroatoms. The van der Waals surface area contributed by atoms with Gasteiger partial charge in [-0.1, -0.05) is 60.1 Å². The highest BCUT2D eigenvalue weighted by molar-refractivity contribution is 6.30. The van der Waals surface area contributed by atoms with E-state index in [0.29, 0.717) is 32.8 Å². The summed E-state index contributed by atoms with van der Waals surface area (Å²) in [7, 11) is 1.45. The smallest absolute Gasteiger partial charge is 0.267 e. The summed E-state index contributed by atoms with van der Waals surface area (Å²) in [6, 6.07) is 17.9. The zero-order chi connectivity index (χ0) is 25.6. The average Bonchev–Trinajstić information content (AvgIpc) is 3.18. The van der Waals surface area contributed by atoms with E-state index in [2.05, 4.69) is 10.1 Å². The summed E-state index contributed by atoms with van der Waals surface area (Å²) in [6.45, 7) is -0.135. The third-order valence-corrected chi connectivity index (χ3v) is 5.99. The van der Waals surface area contributed by atoms with Gasteiger partial charge in [-0.25, -0.2) is 14.2 Å². The summed E-state index contributed by atoms with van der Waals surface area (Å²) in [5, 5.41) is 5.00. The Labute approximate surface area is 206 Å². The SMILES string of the molecule is Cn1c(=O)c(-c2ccc(Cl)cc2)c(-c2ccccc2)c2nn(Cc3ccc(C(F)(F)F)nc3)c(=O)n21. The molecule has 2 aromatic carbocycles. The van der Waals surface area contributed by atoms with Gasteiger partial charge in [0.25, 0.3) is 5.56 Å². The summed E-state index contributed by atoms with van der Waals surface area (Å²) in [5.74, 6) is 0. The van der Waals surface area contributed by atoms with Crippen LogP contribution in [0.15, 0.2) is 82.5 Å². The molecule has 3 heterocycles. The second-order valence-corrected chi connectivity index (χ2v) is 8.51. The zero-order valence-electron chi connectivity index (χ0n) is 18.7. The van der Waals surface area contributed by atoms with E-state index in [4.69, 9.17) is 11.6 Å². The second kappa shape index (κ2) is 8.80. The summed E-state index contributed by atoms with van der Waals surface area (Å²) in [4.78, 5) is 30.3. The van der Waals surface area contributed by atoms with Gasteiger partial charge in [0.1, 0.15) is 5.69 Å². The minimum Gasteiger partial charge on any atom is -0.267 e. The number of pyridine rings is 1. The van der Waals surface area contributed by atoms with E-state index in [-0.39, 0.29) is 12.2 Å². The van der Waals surface area contributed by atoms with Crippen LogP contribution in [0.25, 0.3) is 27.9 Å². The highest BCUT2D eigenvalue weighted by atomic mass is 35.5. The van der Waals surface area contributed by atoms with Crippen LogP contribution in [0.4, 0.5) is 13.2 Å². The molecule has 0 N–H and O–H groups in total. The van der Waals surface area contributed by atoms with Crippen molar-refractivity contribution in [1.29, 1.82) is 0 Å². The minimum absolute atomic E-state index is 0.135. The number of alkyl halides is 3. The summed E-state index contributed by atoms with van der Waals surface area (Å²) < 4.78 is 42.0. The van der Waals surface area contributed by atoms with Gasteiger partial charge >= 0.3 is 11.9 Å². The topological polar surface area (TPSA) is 74.2 Å². The van der Waals surface area contributed by atoms with Crippen LogP contribution in [0.3, 0.4) is 0 Å². The van der Waals surface area contributed by atoms with Crippen molar-refractivity contribution in [3.8, 4) is 22.3 Å². The molecule has 182 valence electrons. The first kappa shape index (κ1) is 23.6. The Morgan fingerprint density at radius 1 is 0.889 bits per heavy atom. The van der Waals surface area contributed by atoms with Crippen molar-refractivity contribution in [3.63, 3.8) is 0 Å². The fourth-order valence-electron chi connectivity index (χ4n) is 4.02. The monoisotopic (exact) mass is 511 g/mol. The van der Waals surface area contributed by atoms with Crippen LogP contribution in [0.5, 0.6) is 0 Å². The third kappa shape index (κ3) is 4.09. The number of benzene rings is 2. The van der Waals surface area contributed by atoms with E-state index in [9.17, 15) is 22.8 Å². The zero-order valence-corrected chi connectivity index (χ0v) is 19.5. The number of aromatic nitrogens is 5. The normalized spacial score (nSPS) is 11.8. The first-order valence-corrected chi connectivity index (χ1v) is 11.1. The molecule has 0 aliphatic heterocycles. The fraction of sp³-hybridized carbons (Fsp3) is 0.120. The van der Waals surface area contributed by atoms with Crippen LogP contribution in [-0.4, -0.2) is 24.0 Å². The van der Waals surface area contributed by atoms with Crippen molar-refractivity contribution < 1.29 is 13.2 Å². The molecular formula is C25H17ClF3N5O2. The lowest BCUT2D eigenvalue weighted by Gasteiger charge is -2.13. The van der Waals surface area contributed by atoms with Gasteiger partial charge in [0.2, 0.25) is 0 Å². The predicted molar refractivity (Wildman–Crippen MR) is 129 cm³/mol. The molecule has 5 aromatic rings. The summed E-state index contributed by atoms with van der Waals surface area (Å²) >= 11 is 6.05. The molecule has 0 amide bonds. The van der Waals surface area contributed by atoms with E-state index in [1.54, 1.807) is 48.5 Å². The molecule has 36 heavy (non-hydrogen) atoms. The number of hydrogen-bond acceptors (Lipinski definition) is 4. The quantitative estimate of drug-likeness (QED) is 0.352. The Balaban J connectivity index is 1.74. The Bertz CT molecular complexity index is 1690. The van der Waals surface area contributed by atoms with Gasteiger partial charge in [-0.2, -0.15) is 17.7 Å². The van der Waals surface area contributed by atoms with Crippen LogP contribution >= 0.6 is 11.6 Å². The average molecular weight is 512 g/mol. The van der Waals surface area contributed by atoms with Crippen LogP contribution < -0.4 is 11.2 Å². The summed E-state index contributed by atoms with van der Waals surface area (Å²) in [6.07, 6.45) is -3.52. The van der Waals surface area contributed by atoms with Crippen molar-refractivity contribution in [1.82, 2.24) is 24.0 Å². The van der Waals surface area contributed by atoms with Gasteiger partial charge in [0.15, 0.2) is 5.65 Å². The van der Waals surface area contributed by atoms with E-state index in [0.717, 1.165) is 21.5 Å². The molecule has 0 unspecified atom stereocenters. The Kier molecular flexibility index (Phi) is 5.76. The standard InChI is InChI=1S/C25H17ClF3N5O2/c1-32-23(35)21(17-8-10-18(26)11-9-17)20(16-5-3-2-4-6-16)22-31-33(24(36)34(22)32)14-15-7-12-19(30-13-15)25(27,28)29/h2-13H,14H2,1H3. The van der Waals surface area contributed by atoms with Crippen LogP contribution in [0, 0.1) is 0 Å². The molecule has 0 fully saturated rings. The molecule has 0 spiro atoms. The highest BCUT2D eigenvalue weighted by Gasteiger charge is 2.32. The van der Waals surface area contributed by atoms with Gasteiger partial charge in [-0.05, 0) is 34.9 Å². The molecular weight excluding hydrogens is 495 g/mol. The highest BCUT2D eigenvalue weighted by Crippen LogP contribution is 2.32. The molecule has 3 aromatic heterocycles. The number of halogens is 4. The molecule has 0 saturated heterocycles. The number of nitrogens with zero attached hydrogens (tertiary/aromatic N) is 5. The maximum Gasteiger partial charge on any atom is 0.433 e. The Hall–Kier alpha value is -4.18. The van der Waals surface area contributed by atoms with Crippen LogP contribution in [0.1, 0.15) is 11.3 Å². The molecule has 7 nitrogen and oxygen atoms in total. The molecule has 0 atom stereocenters. The van der Waals surface area contributed by atoms with E-state index < -0.39 is 23.1 Å². The number of fused-ring (bicyclic) bond motifs is 1. The molecule has 0 radical (unpaired) electrons. The third-order valence-electron chi connectivity index (χ3n) is 5.74. The maximum absolute atomic E-state index is 13.5. The Morgan fingerprint density at radius 2 is 1.56 bits per heavy atom. The van der Waals surface area contributed by atoms with Crippen molar-refractivity contribution in [2.75, 3.05) is 0 Å². The molecule has 0 bridgehead atoms. The molecule has 0 aliphatic rings. The van der Waals surface area contributed by atoms with Crippen molar-refractivity contribution >= 4 is 17.2 Å². The largest absolute Gasteiger partial charge is 0.433 e. The Morgan fingerprint density at radius 3 is 2.17 bits per heavy atom. The lowest BCUT2D eigenvalue weighted by molar-refractivity contribution is -0.141. The molecule has 0 aliphatic carbocycles. The summed E-state index contributed by atoms with van der Waals surface area (Å²) in [5.41, 5.74) is 0.522. The van der Waals surface area contributed by atoms with Gasteiger partial charge < -0.3 is 0 Å². The molecule has 5 rings (SSSR count). The number of aryl methyl sites for hydroxylation is 1. The van der Waals surface area contributed by atoms with Gasteiger partial charge in [-0.15, -0.1) is 5.10 Å². The van der Waals surface area contributed by atoms with E-state index in [1.807, 2.05) is 6.07 Å². The van der Waals surface area contributed by atoms with Gasteiger partial charge in [-0.3, -0.25) is 9.78 Å². The van der Waals surface area contributed by atoms with Crippen molar-refractivity contribution in [2.24, 2.45) is 7.05 Å². The first-order valence-electron chi connectivity index (χ1n) is 10.7. The van der Waals surface area contributed by atoms with Crippen molar-refractivity contribution in [3.05, 3.63) is 110 Å². The minimum atomic E-state index is -4.57. The maximum atomic E-state index is 13.5. The first-order chi connectivity index (χ1) is 17.1. The van der Waals surface area contributed by atoms with Crippen molar-refractivity contribution in [2.45, 2.75) is 12.7 Å². The second-order valence-electron chi connectivity index (χ2n) is 8.08. The lowest BCUT2D eigenvalue weighted by atomic mass is 9.96. The predicted octanol–water partition coefficient (Wildman–Crippen LogP) is 4.64. The fourth-order valence-corrected chi connectivity index (χ4v) is 4.15.